The van der Waals surface area contributed by atoms with Crippen molar-refractivity contribution in [2.75, 3.05) is 19.8 Å². The molecule has 82 valence electrons. The first-order valence-electron chi connectivity index (χ1n) is 5.16. The summed E-state index contributed by atoms with van der Waals surface area (Å²) < 4.78 is 5.34. The van der Waals surface area contributed by atoms with Gasteiger partial charge in [-0.25, -0.2) is 0 Å². The molecule has 0 bridgehead atoms. The van der Waals surface area contributed by atoms with Crippen LogP contribution in [0.1, 0.15) is 27.2 Å². The second-order valence-corrected chi connectivity index (χ2v) is 5.00. The Kier molecular flexibility index (Phi) is 4.13. The van der Waals surface area contributed by atoms with E-state index in [4.69, 9.17) is 17.0 Å². The molecule has 0 aromatic carbocycles. The fourth-order valence-corrected chi connectivity index (χ4v) is 1.71. The maximum Gasteiger partial charge on any atom is 0.166 e. The van der Waals surface area contributed by atoms with Crippen LogP contribution in [0.5, 0.6) is 0 Å². The standard InChI is InChI=1S/C10H20N2OS/c1-8(2)6-11-9(14)12-10(3)4-5-13-7-10/h8H,4-7H2,1-3H3,(H2,11,12,14). The Morgan fingerprint density at radius 2 is 2.29 bits per heavy atom. The molecule has 0 saturated carbocycles. The van der Waals surface area contributed by atoms with Crippen LogP contribution in [-0.4, -0.2) is 30.4 Å². The number of thiocarbonyl (C=S) groups is 1. The molecule has 1 saturated heterocycles. The van der Waals surface area contributed by atoms with Gasteiger partial charge >= 0.3 is 0 Å². The maximum atomic E-state index is 5.34. The van der Waals surface area contributed by atoms with Gasteiger partial charge < -0.3 is 15.4 Å². The molecule has 0 radical (unpaired) electrons. The predicted octanol–water partition coefficient (Wildman–Crippen LogP) is 1.29. The molecule has 0 spiro atoms. The van der Waals surface area contributed by atoms with Crippen LogP contribution < -0.4 is 10.6 Å². The lowest BCUT2D eigenvalue weighted by atomic mass is 10.0. The quantitative estimate of drug-likeness (QED) is 0.696. The molecule has 1 aliphatic heterocycles. The minimum absolute atomic E-state index is 0.0288. The van der Waals surface area contributed by atoms with Crippen molar-refractivity contribution in [2.45, 2.75) is 32.7 Å². The molecule has 1 fully saturated rings. The van der Waals surface area contributed by atoms with Crippen LogP contribution >= 0.6 is 12.2 Å². The van der Waals surface area contributed by atoms with Crippen molar-refractivity contribution >= 4 is 17.3 Å². The molecule has 1 aliphatic rings. The lowest BCUT2D eigenvalue weighted by Gasteiger charge is -2.26. The molecule has 3 nitrogen and oxygen atoms in total. The molecule has 14 heavy (non-hydrogen) atoms. The van der Waals surface area contributed by atoms with Gasteiger partial charge in [-0.05, 0) is 31.5 Å². The van der Waals surface area contributed by atoms with Crippen molar-refractivity contribution in [2.24, 2.45) is 5.92 Å². The highest BCUT2D eigenvalue weighted by Crippen LogP contribution is 2.16. The van der Waals surface area contributed by atoms with Crippen molar-refractivity contribution in [3.63, 3.8) is 0 Å². The van der Waals surface area contributed by atoms with Gasteiger partial charge in [0.2, 0.25) is 0 Å². The van der Waals surface area contributed by atoms with E-state index in [1.807, 2.05) is 0 Å². The molecular weight excluding hydrogens is 196 g/mol. The highest BCUT2D eigenvalue weighted by atomic mass is 32.1. The fourth-order valence-electron chi connectivity index (χ4n) is 1.38. The van der Waals surface area contributed by atoms with Crippen LogP contribution in [-0.2, 0) is 4.74 Å². The van der Waals surface area contributed by atoms with Crippen molar-refractivity contribution in [1.29, 1.82) is 0 Å². The van der Waals surface area contributed by atoms with Gasteiger partial charge in [0, 0.05) is 13.2 Å². The lowest BCUT2D eigenvalue weighted by molar-refractivity contribution is 0.177. The van der Waals surface area contributed by atoms with E-state index in [-0.39, 0.29) is 5.54 Å². The zero-order valence-electron chi connectivity index (χ0n) is 9.22. The van der Waals surface area contributed by atoms with Crippen LogP contribution in [0.15, 0.2) is 0 Å². The van der Waals surface area contributed by atoms with E-state index in [2.05, 4.69) is 31.4 Å². The Bertz CT molecular complexity index is 200. The molecule has 0 amide bonds. The van der Waals surface area contributed by atoms with E-state index in [1.54, 1.807) is 0 Å². The third-order valence-corrected chi connectivity index (χ3v) is 2.55. The van der Waals surface area contributed by atoms with Gasteiger partial charge in [-0.15, -0.1) is 0 Å². The van der Waals surface area contributed by atoms with Crippen molar-refractivity contribution in [3.05, 3.63) is 0 Å². The topological polar surface area (TPSA) is 33.3 Å². The van der Waals surface area contributed by atoms with E-state index in [0.717, 1.165) is 31.3 Å². The number of ether oxygens (including phenoxy) is 1. The largest absolute Gasteiger partial charge is 0.379 e. The molecule has 0 aromatic rings. The average Bonchev–Trinajstić information content (AvgIpc) is 2.48. The summed E-state index contributed by atoms with van der Waals surface area (Å²) >= 11 is 5.20. The van der Waals surface area contributed by atoms with Crippen LogP contribution in [0.2, 0.25) is 0 Å². The smallest absolute Gasteiger partial charge is 0.166 e. The van der Waals surface area contributed by atoms with E-state index in [1.165, 1.54) is 0 Å². The van der Waals surface area contributed by atoms with Crippen molar-refractivity contribution in [3.8, 4) is 0 Å². The Morgan fingerprint density at radius 3 is 2.79 bits per heavy atom. The molecule has 1 rings (SSSR count). The molecule has 0 aliphatic carbocycles. The van der Waals surface area contributed by atoms with Gasteiger partial charge in [-0.2, -0.15) is 0 Å². The number of hydrogen-bond acceptors (Lipinski definition) is 2. The molecule has 1 atom stereocenters. The fraction of sp³-hybridized carbons (Fsp3) is 0.900. The van der Waals surface area contributed by atoms with Crippen LogP contribution in [0.25, 0.3) is 0 Å². The van der Waals surface area contributed by atoms with E-state index in [9.17, 15) is 0 Å². The van der Waals surface area contributed by atoms with E-state index < -0.39 is 0 Å². The summed E-state index contributed by atoms with van der Waals surface area (Å²) in [6, 6.07) is 0. The van der Waals surface area contributed by atoms with Crippen LogP contribution in [0, 0.1) is 5.92 Å². The molecule has 2 N–H and O–H groups in total. The first-order valence-corrected chi connectivity index (χ1v) is 5.56. The lowest BCUT2D eigenvalue weighted by Crippen LogP contribution is -2.51. The zero-order chi connectivity index (χ0) is 10.6. The minimum Gasteiger partial charge on any atom is -0.379 e. The van der Waals surface area contributed by atoms with E-state index in [0.29, 0.717) is 5.92 Å². The van der Waals surface area contributed by atoms with Gasteiger partial charge in [0.25, 0.3) is 0 Å². The monoisotopic (exact) mass is 216 g/mol. The summed E-state index contributed by atoms with van der Waals surface area (Å²) in [6.45, 7) is 8.96. The van der Waals surface area contributed by atoms with Crippen LogP contribution in [0.3, 0.4) is 0 Å². The molecule has 4 heteroatoms. The zero-order valence-corrected chi connectivity index (χ0v) is 10.0. The summed E-state index contributed by atoms with van der Waals surface area (Å²) in [5.74, 6) is 0.613. The first kappa shape index (κ1) is 11.7. The Hall–Kier alpha value is -0.350. The SMILES string of the molecule is CC(C)CNC(=S)NC1(C)CCOC1. The Balaban J connectivity index is 2.25. The second kappa shape index (κ2) is 4.94. The third-order valence-electron chi connectivity index (χ3n) is 2.30. The Labute approximate surface area is 91.6 Å². The summed E-state index contributed by atoms with van der Waals surface area (Å²) in [7, 11) is 0. The third kappa shape index (κ3) is 3.80. The van der Waals surface area contributed by atoms with Crippen molar-refractivity contribution < 1.29 is 4.74 Å². The normalized spacial score (nSPS) is 26.6. The van der Waals surface area contributed by atoms with Crippen LogP contribution in [0.4, 0.5) is 0 Å². The first-order chi connectivity index (χ1) is 6.52. The van der Waals surface area contributed by atoms with Crippen molar-refractivity contribution in [1.82, 2.24) is 10.6 Å². The second-order valence-electron chi connectivity index (χ2n) is 4.59. The Morgan fingerprint density at radius 1 is 1.57 bits per heavy atom. The highest BCUT2D eigenvalue weighted by molar-refractivity contribution is 7.80. The number of nitrogens with one attached hydrogen (secondary N) is 2. The average molecular weight is 216 g/mol. The summed E-state index contributed by atoms with van der Waals surface area (Å²) in [4.78, 5) is 0. The summed E-state index contributed by atoms with van der Waals surface area (Å²) in [5.41, 5.74) is 0.0288. The number of hydrogen-bond donors (Lipinski definition) is 2. The molecular formula is C10H20N2OS. The van der Waals surface area contributed by atoms with Gasteiger partial charge in [0.05, 0.1) is 12.1 Å². The van der Waals surface area contributed by atoms with Gasteiger partial charge in [-0.1, -0.05) is 13.8 Å². The highest BCUT2D eigenvalue weighted by Gasteiger charge is 2.29. The molecule has 1 unspecified atom stereocenters. The minimum atomic E-state index is 0.0288. The summed E-state index contributed by atoms with van der Waals surface area (Å²) in [5, 5.41) is 7.25. The van der Waals surface area contributed by atoms with E-state index >= 15 is 0 Å². The van der Waals surface area contributed by atoms with Gasteiger partial charge in [0.15, 0.2) is 5.11 Å². The maximum absolute atomic E-state index is 5.34. The molecule has 0 aromatic heterocycles. The molecule has 1 heterocycles. The summed E-state index contributed by atoms with van der Waals surface area (Å²) in [6.07, 6.45) is 1.02. The number of rotatable bonds is 3. The predicted molar refractivity (Wildman–Crippen MR) is 62.4 cm³/mol. The van der Waals surface area contributed by atoms with Gasteiger partial charge in [0.1, 0.15) is 0 Å². The van der Waals surface area contributed by atoms with Gasteiger partial charge in [-0.3, -0.25) is 0 Å².